The van der Waals surface area contributed by atoms with Crippen molar-refractivity contribution >= 4 is 63.6 Å². The molecule has 0 bridgehead atoms. The van der Waals surface area contributed by atoms with Crippen molar-refractivity contribution < 1.29 is 38.9 Å². The van der Waals surface area contributed by atoms with Crippen LogP contribution in [0.3, 0.4) is 0 Å². The molecule has 0 aliphatic rings. The van der Waals surface area contributed by atoms with Gasteiger partial charge in [0.25, 0.3) is 5.91 Å². The van der Waals surface area contributed by atoms with Crippen molar-refractivity contribution in [2.24, 2.45) is 0 Å². The van der Waals surface area contributed by atoms with E-state index in [1.165, 1.54) is 23.1 Å². The van der Waals surface area contributed by atoms with Gasteiger partial charge in [0.05, 0.1) is 41.2 Å². The number of carboxylic acids is 2. The maximum absolute atomic E-state index is 12.6. The van der Waals surface area contributed by atoms with Crippen LogP contribution in [0.5, 0.6) is 0 Å². The Balaban J connectivity index is 1.53. The Morgan fingerprint density at radius 3 is 2.35 bits per heavy atom. The Bertz CT molecular complexity index is 1340. The number of nitrogens with zero attached hydrogens (tertiary/aromatic N) is 1. The van der Waals surface area contributed by atoms with Gasteiger partial charge in [-0.1, -0.05) is 0 Å². The third-order valence-corrected chi connectivity index (χ3v) is 6.47. The van der Waals surface area contributed by atoms with Crippen molar-refractivity contribution in [2.75, 3.05) is 23.0 Å². The third-order valence-electron chi connectivity index (χ3n) is 4.65. The van der Waals surface area contributed by atoms with Gasteiger partial charge in [0.1, 0.15) is 0 Å². The van der Waals surface area contributed by atoms with Crippen molar-refractivity contribution in [3.8, 4) is 0 Å². The Morgan fingerprint density at radius 1 is 0.973 bits per heavy atom. The number of hydrogen-bond acceptors (Lipinski definition) is 9. The number of anilines is 2. The predicted molar refractivity (Wildman–Crippen MR) is 137 cm³/mol. The quantitative estimate of drug-likeness (QED) is 0.207. The number of esters is 1. The lowest BCUT2D eigenvalue weighted by Gasteiger charge is -2.09. The molecule has 0 saturated heterocycles. The molecule has 3 aromatic rings. The minimum Gasteiger partial charge on any atom is -0.478 e. The van der Waals surface area contributed by atoms with Crippen LogP contribution >= 0.6 is 23.1 Å². The van der Waals surface area contributed by atoms with Gasteiger partial charge in [0.2, 0.25) is 5.91 Å². The van der Waals surface area contributed by atoms with E-state index in [1.54, 1.807) is 36.6 Å². The molecule has 192 valence electrons. The van der Waals surface area contributed by atoms with Crippen molar-refractivity contribution in [3.63, 3.8) is 0 Å². The number of ether oxygens (including phenoxy) is 1. The summed E-state index contributed by atoms with van der Waals surface area (Å²) in [6.45, 7) is 2.00. The number of thioether (sulfide) groups is 1. The normalized spacial score (nSPS) is 10.4. The van der Waals surface area contributed by atoms with Gasteiger partial charge in [-0.3, -0.25) is 14.4 Å². The first kappa shape index (κ1) is 27.4. The summed E-state index contributed by atoms with van der Waals surface area (Å²) in [5, 5.41) is 25.7. The van der Waals surface area contributed by atoms with Crippen molar-refractivity contribution in [1.29, 1.82) is 0 Å². The first-order chi connectivity index (χ1) is 17.7. The molecule has 0 fully saturated rings. The summed E-state index contributed by atoms with van der Waals surface area (Å²) in [5.74, 6) is -4.02. The number of carbonyl (C=O) groups is 5. The number of aromatic carboxylic acids is 2. The second-order valence-corrected chi connectivity index (χ2v) is 9.22. The van der Waals surface area contributed by atoms with E-state index in [4.69, 9.17) is 9.84 Å². The highest BCUT2D eigenvalue weighted by Crippen LogP contribution is 2.23. The molecule has 0 atom stereocenters. The molecule has 2 amide bonds. The molecule has 1 aromatic heterocycles. The molecule has 3 rings (SSSR count). The standard InChI is InChI=1S/C24H21N3O8S2/c1-2-35-20(29)10-15-11-37-24(26-15)27-19(28)12-36-16-6-4-14(5-7-16)25-21(30)17-8-3-13(22(31)32)9-18(17)23(33)34/h3-9,11H,2,10,12H2,1H3,(H,25,30)(H,31,32)(H,33,34)(H,26,27,28). The number of aromatic nitrogens is 1. The highest BCUT2D eigenvalue weighted by molar-refractivity contribution is 8.00. The van der Waals surface area contributed by atoms with Crippen LogP contribution in [-0.2, 0) is 20.7 Å². The molecule has 0 aliphatic carbocycles. The number of amides is 2. The number of nitrogens with one attached hydrogen (secondary N) is 2. The van der Waals surface area contributed by atoms with Crippen molar-refractivity contribution in [2.45, 2.75) is 18.2 Å². The predicted octanol–water partition coefficient (Wildman–Crippen LogP) is 3.63. The fraction of sp³-hybridized carbons (Fsp3) is 0.167. The van der Waals surface area contributed by atoms with Crippen LogP contribution in [0.4, 0.5) is 10.8 Å². The second-order valence-electron chi connectivity index (χ2n) is 7.31. The summed E-state index contributed by atoms with van der Waals surface area (Å²) < 4.78 is 4.87. The van der Waals surface area contributed by atoms with E-state index >= 15 is 0 Å². The highest BCUT2D eigenvalue weighted by Gasteiger charge is 2.19. The largest absolute Gasteiger partial charge is 0.478 e. The smallest absolute Gasteiger partial charge is 0.336 e. The summed E-state index contributed by atoms with van der Waals surface area (Å²) in [6.07, 6.45) is 0.0309. The first-order valence-corrected chi connectivity index (χ1v) is 12.6. The van der Waals surface area contributed by atoms with Crippen LogP contribution < -0.4 is 10.6 Å². The molecule has 13 heteroatoms. The second kappa shape index (κ2) is 12.6. The minimum absolute atomic E-state index is 0.0309. The molecule has 0 saturated carbocycles. The summed E-state index contributed by atoms with van der Waals surface area (Å²) in [6, 6.07) is 9.77. The monoisotopic (exact) mass is 543 g/mol. The van der Waals surface area contributed by atoms with Crippen molar-refractivity contribution in [3.05, 3.63) is 70.2 Å². The van der Waals surface area contributed by atoms with Gasteiger partial charge in [0, 0.05) is 16.0 Å². The zero-order chi connectivity index (χ0) is 26.9. The van der Waals surface area contributed by atoms with E-state index < -0.39 is 23.4 Å². The van der Waals surface area contributed by atoms with Crippen molar-refractivity contribution in [1.82, 2.24) is 4.98 Å². The third kappa shape index (κ3) is 7.88. The molecule has 2 aromatic carbocycles. The lowest BCUT2D eigenvalue weighted by atomic mass is 10.0. The maximum atomic E-state index is 12.6. The van der Waals surface area contributed by atoms with Gasteiger partial charge in [-0.05, 0) is 49.4 Å². The van der Waals surface area contributed by atoms with E-state index in [0.717, 1.165) is 23.1 Å². The number of hydrogen-bond donors (Lipinski definition) is 4. The number of benzene rings is 2. The zero-order valence-electron chi connectivity index (χ0n) is 19.3. The van der Waals surface area contributed by atoms with E-state index in [-0.39, 0.29) is 41.8 Å². The highest BCUT2D eigenvalue weighted by atomic mass is 32.2. The fourth-order valence-electron chi connectivity index (χ4n) is 2.99. The molecule has 37 heavy (non-hydrogen) atoms. The van der Waals surface area contributed by atoms with Gasteiger partial charge in [-0.25, -0.2) is 14.6 Å². The van der Waals surface area contributed by atoms with E-state index in [1.807, 2.05) is 0 Å². The summed E-state index contributed by atoms with van der Waals surface area (Å²) in [4.78, 5) is 63.8. The topological polar surface area (TPSA) is 172 Å². The molecule has 0 aliphatic heterocycles. The summed E-state index contributed by atoms with van der Waals surface area (Å²) in [5.41, 5.74) is 0.0436. The molecule has 0 spiro atoms. The number of thiazole rings is 1. The maximum Gasteiger partial charge on any atom is 0.336 e. The van der Waals surface area contributed by atoms with Gasteiger partial charge < -0.3 is 25.6 Å². The number of rotatable bonds is 11. The molecular weight excluding hydrogens is 522 g/mol. The fourth-order valence-corrected chi connectivity index (χ4v) is 4.42. The zero-order valence-corrected chi connectivity index (χ0v) is 21.0. The average molecular weight is 544 g/mol. The molecule has 0 radical (unpaired) electrons. The lowest BCUT2D eigenvalue weighted by molar-refractivity contribution is -0.142. The molecular formula is C24H21N3O8S2. The molecule has 0 unspecified atom stereocenters. The minimum atomic E-state index is -1.42. The Kier molecular flexibility index (Phi) is 9.35. The molecule has 1 heterocycles. The average Bonchev–Trinajstić information content (AvgIpc) is 3.29. The molecule has 4 N–H and O–H groups in total. The van der Waals surface area contributed by atoms with E-state index in [0.29, 0.717) is 16.5 Å². The van der Waals surface area contributed by atoms with Crippen LogP contribution in [0.15, 0.2) is 52.7 Å². The van der Waals surface area contributed by atoms with E-state index in [2.05, 4.69) is 15.6 Å². The van der Waals surface area contributed by atoms with Gasteiger partial charge >= 0.3 is 17.9 Å². The Morgan fingerprint density at radius 2 is 1.70 bits per heavy atom. The molecule has 11 nitrogen and oxygen atoms in total. The van der Waals surface area contributed by atoms with Crippen LogP contribution in [-0.4, -0.2) is 57.3 Å². The van der Waals surface area contributed by atoms with Crippen LogP contribution in [0.1, 0.15) is 43.7 Å². The van der Waals surface area contributed by atoms with Crippen LogP contribution in [0.2, 0.25) is 0 Å². The Labute approximate surface area is 218 Å². The van der Waals surface area contributed by atoms with Crippen LogP contribution in [0.25, 0.3) is 0 Å². The van der Waals surface area contributed by atoms with Gasteiger partial charge in [0.15, 0.2) is 5.13 Å². The van der Waals surface area contributed by atoms with E-state index in [9.17, 15) is 29.1 Å². The number of carboxylic acid groups (broad SMARTS) is 2. The summed E-state index contributed by atoms with van der Waals surface area (Å²) >= 11 is 2.46. The lowest BCUT2D eigenvalue weighted by Crippen LogP contribution is -2.17. The SMILES string of the molecule is CCOC(=O)Cc1csc(NC(=O)CSc2ccc(NC(=O)c3ccc(C(=O)O)cc3C(=O)O)cc2)n1. The summed E-state index contributed by atoms with van der Waals surface area (Å²) in [7, 11) is 0. The van der Waals surface area contributed by atoms with Gasteiger partial charge in [-0.2, -0.15) is 0 Å². The van der Waals surface area contributed by atoms with Gasteiger partial charge in [-0.15, -0.1) is 23.1 Å². The first-order valence-electron chi connectivity index (χ1n) is 10.7. The Hall–Kier alpha value is -4.23. The number of carbonyl (C=O) groups excluding carboxylic acids is 3. The van der Waals surface area contributed by atoms with Crippen LogP contribution in [0, 0.1) is 0 Å².